The van der Waals surface area contributed by atoms with Gasteiger partial charge in [0.15, 0.2) is 5.78 Å². The Kier molecular flexibility index (Phi) is 3.90. The molecule has 0 saturated heterocycles. The van der Waals surface area contributed by atoms with Crippen molar-refractivity contribution in [2.75, 3.05) is 0 Å². The Bertz CT molecular complexity index is 250. The number of hydrogen-bond donors (Lipinski definition) is 0. The van der Waals surface area contributed by atoms with Crippen molar-refractivity contribution in [3.8, 4) is 0 Å². The molecule has 12 heavy (non-hydrogen) atoms. The fourth-order valence-electron chi connectivity index (χ4n) is 0.534. The van der Waals surface area contributed by atoms with Gasteiger partial charge in [-0.2, -0.15) is 0 Å². The van der Waals surface area contributed by atoms with Gasteiger partial charge in [0, 0.05) is 13.0 Å². The molecule has 0 fully saturated rings. The molecule has 0 rings (SSSR count). The average molecular weight is 170 g/mol. The van der Waals surface area contributed by atoms with E-state index in [1.54, 1.807) is 0 Å². The fraction of sp³-hybridized carbons (Fsp3) is 0.375. The van der Waals surface area contributed by atoms with E-state index in [0.29, 0.717) is 0 Å². The minimum absolute atomic E-state index is 0.128. The number of allylic oxidation sites excluding steroid dienone is 2. The molecule has 0 aromatic heterocycles. The SMILES string of the molecule is CC(=O)/C=C(\C)OC(=O)C(C)=O. The molecule has 0 bridgehead atoms. The van der Waals surface area contributed by atoms with Crippen molar-refractivity contribution in [1.82, 2.24) is 0 Å². The number of ketones is 2. The summed E-state index contributed by atoms with van der Waals surface area (Å²) < 4.78 is 4.47. The van der Waals surface area contributed by atoms with E-state index in [4.69, 9.17) is 0 Å². The largest absolute Gasteiger partial charge is 0.426 e. The molecule has 0 aliphatic rings. The van der Waals surface area contributed by atoms with Crippen LogP contribution < -0.4 is 0 Å². The van der Waals surface area contributed by atoms with Gasteiger partial charge in [-0.15, -0.1) is 0 Å². The Morgan fingerprint density at radius 2 is 1.58 bits per heavy atom. The zero-order chi connectivity index (χ0) is 9.72. The minimum atomic E-state index is -0.954. The normalized spacial score (nSPS) is 10.8. The van der Waals surface area contributed by atoms with Crippen LogP contribution in [0.5, 0.6) is 0 Å². The monoisotopic (exact) mass is 170 g/mol. The number of Topliss-reactive ketones (excluding diaryl/α,β-unsaturated/α-hetero) is 1. The zero-order valence-electron chi connectivity index (χ0n) is 7.21. The van der Waals surface area contributed by atoms with Gasteiger partial charge in [-0.1, -0.05) is 0 Å². The first-order valence-electron chi connectivity index (χ1n) is 3.35. The summed E-state index contributed by atoms with van der Waals surface area (Å²) in [7, 11) is 0. The van der Waals surface area contributed by atoms with Crippen LogP contribution in [0.25, 0.3) is 0 Å². The zero-order valence-corrected chi connectivity index (χ0v) is 7.21. The van der Waals surface area contributed by atoms with Crippen LogP contribution in [0.3, 0.4) is 0 Å². The molecule has 0 aliphatic heterocycles. The van der Waals surface area contributed by atoms with Gasteiger partial charge >= 0.3 is 5.97 Å². The summed E-state index contributed by atoms with van der Waals surface area (Å²) in [5.41, 5.74) is 0. The van der Waals surface area contributed by atoms with E-state index in [-0.39, 0.29) is 11.5 Å². The molecule has 0 aromatic rings. The number of carbonyl (C=O) groups is 3. The van der Waals surface area contributed by atoms with Crippen molar-refractivity contribution in [3.63, 3.8) is 0 Å². The lowest BCUT2D eigenvalue weighted by Crippen LogP contribution is -2.12. The Labute approximate surface area is 70.2 Å². The molecule has 0 amide bonds. The van der Waals surface area contributed by atoms with Crippen molar-refractivity contribution < 1.29 is 19.1 Å². The first-order chi connectivity index (χ1) is 5.43. The first kappa shape index (κ1) is 10.6. The predicted molar refractivity (Wildman–Crippen MR) is 41.2 cm³/mol. The summed E-state index contributed by atoms with van der Waals surface area (Å²) >= 11 is 0. The lowest BCUT2D eigenvalue weighted by molar-refractivity contribution is -0.149. The van der Waals surface area contributed by atoms with Gasteiger partial charge < -0.3 is 4.74 Å². The van der Waals surface area contributed by atoms with Crippen molar-refractivity contribution in [3.05, 3.63) is 11.8 Å². The highest BCUT2D eigenvalue weighted by Gasteiger charge is 2.09. The maximum atomic E-state index is 10.6. The quantitative estimate of drug-likeness (QED) is 0.269. The average Bonchev–Trinajstić information content (AvgIpc) is 1.84. The summed E-state index contributed by atoms with van der Waals surface area (Å²) in [4.78, 5) is 31.4. The molecule has 0 spiro atoms. The summed E-state index contributed by atoms with van der Waals surface area (Å²) in [5, 5.41) is 0. The summed E-state index contributed by atoms with van der Waals surface area (Å²) in [6, 6.07) is 0. The molecule has 0 saturated carbocycles. The topological polar surface area (TPSA) is 60.4 Å². The maximum absolute atomic E-state index is 10.6. The smallest absolute Gasteiger partial charge is 0.379 e. The molecule has 4 heteroatoms. The Morgan fingerprint density at radius 1 is 1.08 bits per heavy atom. The predicted octanol–water partition coefficient (Wildman–Crippen LogP) is 0.611. The highest BCUT2D eigenvalue weighted by Crippen LogP contribution is 1.96. The summed E-state index contributed by atoms with van der Waals surface area (Å²) in [5.74, 6) is -1.75. The van der Waals surface area contributed by atoms with Crippen LogP contribution in [0.15, 0.2) is 11.8 Å². The standard InChI is InChI=1S/C8H10O4/c1-5(9)4-6(2)12-8(11)7(3)10/h4H,1-3H3/b6-4+. The third-order valence-electron chi connectivity index (χ3n) is 0.948. The van der Waals surface area contributed by atoms with Crippen LogP contribution in [-0.4, -0.2) is 17.5 Å². The van der Waals surface area contributed by atoms with Gasteiger partial charge in [-0.25, -0.2) is 4.79 Å². The van der Waals surface area contributed by atoms with Crippen LogP contribution in [0.2, 0.25) is 0 Å². The third-order valence-corrected chi connectivity index (χ3v) is 0.948. The second-order valence-electron chi connectivity index (χ2n) is 2.31. The first-order valence-corrected chi connectivity index (χ1v) is 3.35. The van der Waals surface area contributed by atoms with E-state index in [2.05, 4.69) is 4.74 Å². The molecule has 66 valence electrons. The number of rotatable bonds is 3. The molecule has 0 radical (unpaired) electrons. The van der Waals surface area contributed by atoms with Gasteiger partial charge in [0.2, 0.25) is 5.78 Å². The number of hydrogen-bond acceptors (Lipinski definition) is 4. The molecular formula is C8H10O4. The van der Waals surface area contributed by atoms with Crippen LogP contribution in [0.4, 0.5) is 0 Å². The molecule has 0 N–H and O–H groups in total. The molecule has 0 atom stereocenters. The van der Waals surface area contributed by atoms with Crippen LogP contribution >= 0.6 is 0 Å². The molecule has 0 aliphatic carbocycles. The molecular weight excluding hydrogens is 160 g/mol. The van der Waals surface area contributed by atoms with E-state index >= 15 is 0 Å². The van der Waals surface area contributed by atoms with Gasteiger partial charge in [-0.3, -0.25) is 9.59 Å². The van der Waals surface area contributed by atoms with E-state index < -0.39 is 11.8 Å². The van der Waals surface area contributed by atoms with E-state index in [0.717, 1.165) is 13.0 Å². The van der Waals surface area contributed by atoms with Crippen LogP contribution in [0, 0.1) is 0 Å². The van der Waals surface area contributed by atoms with Gasteiger partial charge in [0.05, 0.1) is 0 Å². The van der Waals surface area contributed by atoms with Crippen molar-refractivity contribution >= 4 is 17.5 Å². The number of carbonyl (C=O) groups excluding carboxylic acids is 3. The van der Waals surface area contributed by atoms with Gasteiger partial charge in [0.25, 0.3) is 0 Å². The number of esters is 1. The minimum Gasteiger partial charge on any atom is -0.426 e. The molecule has 0 heterocycles. The van der Waals surface area contributed by atoms with E-state index in [9.17, 15) is 14.4 Å². The third kappa shape index (κ3) is 4.38. The second kappa shape index (κ2) is 4.43. The maximum Gasteiger partial charge on any atom is 0.379 e. The highest BCUT2D eigenvalue weighted by atomic mass is 16.5. The molecule has 4 nitrogen and oxygen atoms in total. The number of ether oxygens (including phenoxy) is 1. The Hall–Kier alpha value is -1.45. The van der Waals surface area contributed by atoms with Crippen molar-refractivity contribution in [2.24, 2.45) is 0 Å². The highest BCUT2D eigenvalue weighted by molar-refractivity contribution is 6.32. The van der Waals surface area contributed by atoms with Crippen molar-refractivity contribution in [1.29, 1.82) is 0 Å². The summed E-state index contributed by atoms with van der Waals surface area (Å²) in [6.45, 7) is 3.86. The summed E-state index contributed by atoms with van der Waals surface area (Å²) in [6.07, 6.45) is 1.14. The lowest BCUT2D eigenvalue weighted by Gasteiger charge is -1.99. The molecule has 0 aromatic carbocycles. The van der Waals surface area contributed by atoms with Crippen LogP contribution in [-0.2, 0) is 19.1 Å². The van der Waals surface area contributed by atoms with Gasteiger partial charge in [-0.05, 0) is 13.8 Å². The fourth-order valence-corrected chi connectivity index (χ4v) is 0.534. The Morgan fingerprint density at radius 3 is 1.92 bits per heavy atom. The Balaban J connectivity index is 4.19. The van der Waals surface area contributed by atoms with E-state index in [1.807, 2.05) is 0 Å². The van der Waals surface area contributed by atoms with Crippen molar-refractivity contribution in [2.45, 2.75) is 20.8 Å². The second-order valence-corrected chi connectivity index (χ2v) is 2.31. The lowest BCUT2D eigenvalue weighted by atomic mass is 10.4. The van der Waals surface area contributed by atoms with E-state index in [1.165, 1.54) is 13.8 Å². The van der Waals surface area contributed by atoms with Crippen LogP contribution in [0.1, 0.15) is 20.8 Å². The van der Waals surface area contributed by atoms with Gasteiger partial charge in [0.1, 0.15) is 5.76 Å². The molecule has 0 unspecified atom stereocenters.